The van der Waals surface area contributed by atoms with Crippen molar-refractivity contribution in [3.05, 3.63) is 89.5 Å². The van der Waals surface area contributed by atoms with Gasteiger partial charge in [0.15, 0.2) is 29.2 Å². The van der Waals surface area contributed by atoms with E-state index in [1.54, 1.807) is 61.4 Å². The number of unbranched alkanes of at least 4 members (excludes halogenated alkanes) is 2. The van der Waals surface area contributed by atoms with E-state index in [1.807, 2.05) is 0 Å². The van der Waals surface area contributed by atoms with Gasteiger partial charge in [0.1, 0.15) is 12.6 Å². The lowest BCUT2D eigenvalue weighted by Gasteiger charge is -2.31. The Balaban J connectivity index is 0.978. The zero-order valence-electron chi connectivity index (χ0n) is 41.6. The fourth-order valence-electron chi connectivity index (χ4n) is 9.02. The summed E-state index contributed by atoms with van der Waals surface area (Å²) < 4.78 is 29.4. The smallest absolute Gasteiger partial charge is 0.416 e. The van der Waals surface area contributed by atoms with Crippen molar-refractivity contribution in [3.8, 4) is 23.0 Å². The molecule has 0 spiro atoms. The van der Waals surface area contributed by atoms with Crippen LogP contribution in [0.2, 0.25) is 0 Å². The van der Waals surface area contributed by atoms with Crippen LogP contribution in [0.15, 0.2) is 77.8 Å². The number of ether oxygens (including phenoxy) is 5. The maximum absolute atomic E-state index is 14.1. The lowest BCUT2D eigenvalue weighted by Crippen LogP contribution is -2.51. The first-order chi connectivity index (χ1) is 35.0. The molecule has 0 aromatic heterocycles. The van der Waals surface area contributed by atoms with Crippen LogP contribution in [0, 0.1) is 5.92 Å². The van der Waals surface area contributed by atoms with Crippen LogP contribution >= 0.6 is 0 Å². The highest BCUT2D eigenvalue weighted by atomic mass is 16.6. The van der Waals surface area contributed by atoms with Crippen molar-refractivity contribution in [1.29, 1.82) is 0 Å². The number of urea groups is 1. The first kappa shape index (κ1) is 53.2. The quantitative estimate of drug-likeness (QED) is 0.0612. The third-order valence-corrected chi connectivity index (χ3v) is 13.1. The molecule has 4 aliphatic heterocycles. The van der Waals surface area contributed by atoms with Crippen molar-refractivity contribution < 1.29 is 57.6 Å². The molecule has 21 heteroatoms. The van der Waals surface area contributed by atoms with Crippen LogP contribution in [0.1, 0.15) is 85.1 Å². The molecule has 7 rings (SSSR count). The second-order valence-corrected chi connectivity index (χ2v) is 18.8. The number of hydrogen-bond acceptors (Lipinski definition) is 14. The summed E-state index contributed by atoms with van der Waals surface area (Å²) in [5.41, 5.74) is 14.9. The number of aliphatic hydroxyl groups is 1. The van der Waals surface area contributed by atoms with Gasteiger partial charge < -0.3 is 66.0 Å². The summed E-state index contributed by atoms with van der Waals surface area (Å²) in [6, 6.07) is 9.37. The number of carbonyl (C=O) groups excluding carboxylic acids is 6. The van der Waals surface area contributed by atoms with E-state index in [-0.39, 0.29) is 79.8 Å². The minimum absolute atomic E-state index is 0.0674. The van der Waals surface area contributed by atoms with Crippen LogP contribution in [0.4, 0.5) is 26.7 Å². The Labute approximate surface area is 423 Å². The number of aliphatic hydroxyl groups excluding tert-OH is 1. The Morgan fingerprint density at radius 3 is 2.11 bits per heavy atom. The number of primary amides is 1. The van der Waals surface area contributed by atoms with Gasteiger partial charge in [-0.25, -0.2) is 14.5 Å². The van der Waals surface area contributed by atoms with E-state index < -0.39 is 54.2 Å². The Morgan fingerprint density at radius 2 is 1.45 bits per heavy atom. The summed E-state index contributed by atoms with van der Waals surface area (Å²) in [7, 11) is 2.96. The average molecular weight is 1010 g/mol. The Hall–Kier alpha value is -7.65. The average Bonchev–Trinajstić information content (AvgIpc) is 3.91. The molecule has 0 saturated carbocycles. The molecule has 3 aromatic carbocycles. The zero-order valence-corrected chi connectivity index (χ0v) is 41.6. The number of methoxy groups -OCH3 is 2. The fourth-order valence-corrected chi connectivity index (χ4v) is 9.02. The molecule has 5 unspecified atom stereocenters. The van der Waals surface area contributed by atoms with Gasteiger partial charge in [0.25, 0.3) is 11.8 Å². The first-order valence-corrected chi connectivity index (χ1v) is 24.3. The summed E-state index contributed by atoms with van der Waals surface area (Å²) in [5.74, 6) is -0.363. The van der Waals surface area contributed by atoms with Gasteiger partial charge in [-0.1, -0.05) is 50.3 Å². The Bertz CT molecular complexity index is 2640. The third-order valence-electron chi connectivity index (χ3n) is 13.1. The highest BCUT2D eigenvalue weighted by Gasteiger charge is 2.46. The minimum Gasteiger partial charge on any atom is -0.493 e. The number of anilines is 2. The van der Waals surface area contributed by atoms with Crippen LogP contribution in [0.5, 0.6) is 23.0 Å². The molecule has 0 aliphatic carbocycles. The van der Waals surface area contributed by atoms with E-state index in [4.69, 9.17) is 35.2 Å². The number of nitrogens with one attached hydrogen (secondary N) is 3. The molecule has 390 valence electrons. The number of benzene rings is 3. The summed E-state index contributed by atoms with van der Waals surface area (Å²) in [5, 5.41) is 19.8. The van der Waals surface area contributed by atoms with Gasteiger partial charge in [-0.2, -0.15) is 0 Å². The molecule has 0 radical (unpaired) electrons. The van der Waals surface area contributed by atoms with E-state index in [0.29, 0.717) is 84.8 Å². The largest absolute Gasteiger partial charge is 0.493 e. The number of carbonyl (C=O) groups is 6. The molecule has 21 nitrogen and oxygen atoms in total. The van der Waals surface area contributed by atoms with E-state index in [2.05, 4.69) is 34.1 Å². The maximum Gasteiger partial charge on any atom is 0.416 e. The van der Waals surface area contributed by atoms with Crippen molar-refractivity contribution >= 4 is 59.0 Å². The molecule has 7 amide bonds. The van der Waals surface area contributed by atoms with Crippen LogP contribution < -0.4 is 51.3 Å². The van der Waals surface area contributed by atoms with Gasteiger partial charge in [-0.05, 0) is 80.7 Å². The molecule has 4 heterocycles. The molecular weight excluding hydrogens is 943 g/mol. The first-order valence-electron chi connectivity index (χ1n) is 24.3. The normalized spacial score (nSPS) is 18.7. The topological polar surface area (TPSA) is 279 Å². The van der Waals surface area contributed by atoms with Gasteiger partial charge in [-0.3, -0.25) is 24.2 Å². The highest BCUT2D eigenvalue weighted by molar-refractivity contribution is 6.06. The van der Waals surface area contributed by atoms with Crippen LogP contribution in [-0.4, -0.2) is 134 Å². The number of amides is 7. The predicted molar refractivity (Wildman–Crippen MR) is 271 cm³/mol. The SMILES string of the molecule is C=C1CC2C=Nc3cc(OCCCCCOc4cc5c(cc4OC)C(=O)N4CC(=C)CC4C(O)N5C(=O)OCc4ccc(NC(=O)C(CCCNC(N)=O)NC(=O)C(N)C(C)C)cc4)c(OC)cc3C(=O)N2C1. The second-order valence-electron chi connectivity index (χ2n) is 18.8. The molecule has 5 atom stereocenters. The molecular formula is C52H65N9O12. The summed E-state index contributed by atoms with van der Waals surface area (Å²) in [6.07, 6.45) is 2.73. The van der Waals surface area contributed by atoms with Gasteiger partial charge in [0.05, 0.1) is 68.1 Å². The van der Waals surface area contributed by atoms with Crippen molar-refractivity contribution in [2.75, 3.05) is 57.3 Å². The summed E-state index contributed by atoms with van der Waals surface area (Å²) in [6.45, 7) is 12.9. The molecule has 73 heavy (non-hydrogen) atoms. The number of hydrogen-bond donors (Lipinski definition) is 6. The lowest BCUT2D eigenvalue weighted by atomic mass is 10.0. The number of nitrogens with zero attached hydrogens (tertiary/aromatic N) is 4. The van der Waals surface area contributed by atoms with Crippen LogP contribution in [-0.2, 0) is 20.9 Å². The lowest BCUT2D eigenvalue weighted by molar-refractivity contribution is -0.128. The van der Waals surface area contributed by atoms with Gasteiger partial charge >= 0.3 is 12.1 Å². The number of rotatable bonds is 21. The Kier molecular flexibility index (Phi) is 17.3. The van der Waals surface area contributed by atoms with Crippen LogP contribution in [0.25, 0.3) is 0 Å². The monoisotopic (exact) mass is 1010 g/mol. The Morgan fingerprint density at radius 1 is 0.822 bits per heavy atom. The second kappa shape index (κ2) is 23.7. The van der Waals surface area contributed by atoms with E-state index in [0.717, 1.165) is 10.5 Å². The summed E-state index contributed by atoms with van der Waals surface area (Å²) in [4.78, 5) is 87.9. The predicted octanol–water partition coefficient (Wildman–Crippen LogP) is 4.92. The third kappa shape index (κ3) is 12.5. The molecule has 3 aromatic rings. The van der Waals surface area contributed by atoms with Crippen molar-refractivity contribution in [1.82, 2.24) is 20.4 Å². The molecule has 0 bridgehead atoms. The molecule has 4 aliphatic rings. The number of nitrogens with two attached hydrogens (primary N) is 2. The van der Waals surface area contributed by atoms with Gasteiger partial charge in [0.2, 0.25) is 11.8 Å². The standard InChI is InChI=1S/C52H65N9O12/c1-29(2)45(53)47(63)58-37(11-10-16-55-51(54)67)46(62)57-33-14-12-32(13-15-33)28-73-52(68)61-39-24-44(42(70-6)22-36(39)49(65)60-27-31(4)20-40(60)50(61)66)72-18-9-7-8-17-71-43-23-38-35(21-41(43)69-5)48(64)59-26-30(3)19-34(59)25-56-38/h12-15,21-25,29,34,37,40,45,50,66H,3-4,7-11,16-20,26-28,53H2,1-2,5-6H3,(H,57,62)(H,58,63)(H3,54,55,67). The number of fused-ring (bicyclic) bond motifs is 4. The van der Waals surface area contributed by atoms with Gasteiger partial charge in [0, 0.05) is 43.7 Å². The zero-order chi connectivity index (χ0) is 52.5. The number of aliphatic imine (C=N–C) groups is 1. The van der Waals surface area contributed by atoms with Crippen molar-refractivity contribution in [2.24, 2.45) is 22.4 Å². The maximum atomic E-state index is 14.1. The summed E-state index contributed by atoms with van der Waals surface area (Å²) >= 11 is 0. The fraction of sp³-hybridized carbons (Fsp3) is 0.442. The van der Waals surface area contributed by atoms with E-state index >= 15 is 0 Å². The van der Waals surface area contributed by atoms with Crippen molar-refractivity contribution in [3.63, 3.8) is 0 Å². The molecule has 2 saturated heterocycles. The molecule has 2 fully saturated rings. The van der Waals surface area contributed by atoms with Crippen molar-refractivity contribution in [2.45, 2.75) is 95.8 Å². The highest BCUT2D eigenvalue weighted by Crippen LogP contribution is 2.43. The minimum atomic E-state index is -1.52. The van der Waals surface area contributed by atoms with Gasteiger partial charge in [-0.15, -0.1) is 0 Å². The molecule has 8 N–H and O–H groups in total. The van der Waals surface area contributed by atoms with E-state index in [1.165, 1.54) is 31.3 Å². The van der Waals surface area contributed by atoms with Crippen LogP contribution in [0.3, 0.4) is 0 Å². The van der Waals surface area contributed by atoms with E-state index in [9.17, 15) is 33.9 Å².